The van der Waals surface area contributed by atoms with Gasteiger partial charge in [0.15, 0.2) is 5.78 Å². The molecule has 4 aromatic rings. The third-order valence-electron chi connectivity index (χ3n) is 4.01. The van der Waals surface area contributed by atoms with E-state index in [1.54, 1.807) is 0 Å². The fourth-order valence-electron chi connectivity index (χ4n) is 2.95. The van der Waals surface area contributed by atoms with Crippen LogP contribution < -0.4 is 0 Å². The van der Waals surface area contributed by atoms with E-state index in [-0.39, 0.29) is 31.6 Å². The number of rotatable bonds is 3. The van der Waals surface area contributed by atoms with Crippen molar-refractivity contribution in [3.05, 3.63) is 103 Å². The molecular formula is C25H21IrNO2-2. The van der Waals surface area contributed by atoms with Gasteiger partial charge in [-0.05, 0) is 31.5 Å². The number of allylic oxidation sites excluding steroid dienone is 2. The molecular weight excluding hydrogens is 538 g/mol. The Morgan fingerprint density at radius 1 is 0.931 bits per heavy atom. The molecule has 4 rings (SSSR count). The second-order valence-corrected chi connectivity index (χ2v) is 6.33. The van der Waals surface area contributed by atoms with Crippen LogP contribution in [0.1, 0.15) is 13.8 Å². The standard InChI is InChI=1S/C20H13N.C5H8O2.Ir/c1-3-9-16(10-4-1)20-15-17-11-7-8-14-19(17)21(20)18-12-5-2-6-13-18;1-4(6)3-5(2)7;/h1-9,11-14H;3,6H,1-2H3;/q-2;;/b;4-3-;. The third-order valence-corrected chi connectivity index (χ3v) is 4.01. The van der Waals surface area contributed by atoms with E-state index in [2.05, 4.69) is 65.2 Å². The maximum absolute atomic E-state index is 10.0. The summed E-state index contributed by atoms with van der Waals surface area (Å²) in [6.45, 7) is 2.85. The Balaban J connectivity index is 0.000000327. The van der Waals surface area contributed by atoms with Gasteiger partial charge in [-0.1, -0.05) is 30.3 Å². The Kier molecular flexibility index (Phi) is 8.14. The van der Waals surface area contributed by atoms with Gasteiger partial charge in [0.1, 0.15) is 0 Å². The summed E-state index contributed by atoms with van der Waals surface area (Å²) in [5.74, 6) is -0.0625. The predicted molar refractivity (Wildman–Crippen MR) is 113 cm³/mol. The van der Waals surface area contributed by atoms with Crippen molar-refractivity contribution >= 4 is 16.7 Å². The first-order valence-electron chi connectivity index (χ1n) is 8.99. The van der Waals surface area contributed by atoms with Gasteiger partial charge >= 0.3 is 0 Å². The number of hydrogen-bond donors (Lipinski definition) is 1. The second kappa shape index (κ2) is 10.6. The zero-order chi connectivity index (χ0) is 19.9. The first-order valence-corrected chi connectivity index (χ1v) is 8.99. The molecule has 0 atom stereocenters. The van der Waals surface area contributed by atoms with Crippen LogP contribution in [0.2, 0.25) is 0 Å². The summed E-state index contributed by atoms with van der Waals surface area (Å²) >= 11 is 0. The van der Waals surface area contributed by atoms with Crippen LogP contribution in [0.3, 0.4) is 0 Å². The summed E-state index contributed by atoms with van der Waals surface area (Å²) in [7, 11) is 0. The maximum atomic E-state index is 10.0. The van der Waals surface area contributed by atoms with E-state index in [4.69, 9.17) is 5.11 Å². The van der Waals surface area contributed by atoms with Gasteiger partial charge in [-0.2, -0.15) is 30.3 Å². The average Bonchev–Trinajstić information content (AvgIpc) is 3.08. The minimum absolute atomic E-state index is 0. The molecule has 0 aliphatic heterocycles. The van der Waals surface area contributed by atoms with Crippen molar-refractivity contribution in [3.63, 3.8) is 0 Å². The molecule has 29 heavy (non-hydrogen) atoms. The summed E-state index contributed by atoms with van der Waals surface area (Å²) in [5, 5.41) is 9.48. The summed E-state index contributed by atoms with van der Waals surface area (Å²) < 4.78 is 2.24. The van der Waals surface area contributed by atoms with Crippen LogP contribution in [-0.2, 0) is 24.9 Å². The van der Waals surface area contributed by atoms with Crippen LogP contribution in [0.5, 0.6) is 0 Å². The summed E-state index contributed by atoms with van der Waals surface area (Å²) in [6, 6.07) is 33.6. The molecule has 4 heteroatoms. The van der Waals surface area contributed by atoms with Crippen molar-refractivity contribution in [1.29, 1.82) is 0 Å². The van der Waals surface area contributed by atoms with Crippen molar-refractivity contribution in [2.75, 3.05) is 0 Å². The number of para-hydroxylation sites is 2. The molecule has 0 fully saturated rings. The van der Waals surface area contributed by atoms with Crippen molar-refractivity contribution < 1.29 is 30.0 Å². The Hall–Kier alpha value is -2.94. The zero-order valence-electron chi connectivity index (χ0n) is 16.2. The molecule has 149 valence electrons. The maximum Gasteiger partial charge on any atom is 0.155 e. The number of carbonyl (C=O) groups is 1. The normalized spacial score (nSPS) is 10.6. The van der Waals surface area contributed by atoms with Gasteiger partial charge in [-0.3, -0.25) is 4.79 Å². The predicted octanol–water partition coefficient (Wildman–Crippen LogP) is 5.93. The third kappa shape index (κ3) is 5.77. The molecule has 0 saturated carbocycles. The van der Waals surface area contributed by atoms with Gasteiger partial charge in [0.05, 0.1) is 5.76 Å². The fraction of sp³-hybridized carbons (Fsp3) is 0.0800. The first-order chi connectivity index (χ1) is 13.6. The monoisotopic (exact) mass is 560 g/mol. The molecule has 0 unspecified atom stereocenters. The van der Waals surface area contributed by atoms with Crippen molar-refractivity contribution in [2.45, 2.75) is 13.8 Å². The summed E-state index contributed by atoms with van der Waals surface area (Å²) in [4.78, 5) is 10.0. The summed E-state index contributed by atoms with van der Waals surface area (Å²) in [6.07, 6.45) is 1.17. The van der Waals surface area contributed by atoms with Crippen molar-refractivity contribution in [1.82, 2.24) is 4.57 Å². The van der Waals surface area contributed by atoms with Gasteiger partial charge in [0, 0.05) is 31.9 Å². The van der Waals surface area contributed by atoms with E-state index in [0.717, 1.165) is 27.8 Å². The Labute approximate surface area is 184 Å². The van der Waals surface area contributed by atoms with E-state index < -0.39 is 0 Å². The van der Waals surface area contributed by atoms with E-state index in [1.165, 1.54) is 19.9 Å². The van der Waals surface area contributed by atoms with E-state index >= 15 is 0 Å². The van der Waals surface area contributed by atoms with Crippen LogP contribution in [0.25, 0.3) is 27.8 Å². The van der Waals surface area contributed by atoms with Gasteiger partial charge in [0.2, 0.25) is 0 Å². The number of fused-ring (bicyclic) bond motifs is 1. The minimum atomic E-state index is -0.125. The van der Waals surface area contributed by atoms with Gasteiger partial charge < -0.3 is 9.67 Å². The smallest absolute Gasteiger partial charge is 0.155 e. The zero-order valence-corrected chi connectivity index (χ0v) is 18.6. The van der Waals surface area contributed by atoms with E-state index in [0.29, 0.717) is 0 Å². The molecule has 0 aliphatic carbocycles. The Bertz CT molecular complexity index is 1100. The Morgan fingerprint density at radius 2 is 1.59 bits per heavy atom. The van der Waals surface area contributed by atoms with Crippen LogP contribution in [0.4, 0.5) is 0 Å². The van der Waals surface area contributed by atoms with Gasteiger partial charge in [-0.15, -0.1) is 29.3 Å². The molecule has 0 saturated heterocycles. The van der Waals surface area contributed by atoms with Gasteiger partial charge in [0.25, 0.3) is 0 Å². The molecule has 1 aromatic heterocycles. The quantitative estimate of drug-likeness (QED) is 0.192. The molecule has 0 aliphatic rings. The largest absolute Gasteiger partial charge is 0.512 e. The molecule has 0 bridgehead atoms. The van der Waals surface area contributed by atoms with Crippen LogP contribution in [0, 0.1) is 12.1 Å². The number of carbonyl (C=O) groups excluding carboxylic acids is 1. The minimum Gasteiger partial charge on any atom is -0.512 e. The van der Waals surface area contributed by atoms with Crippen LogP contribution in [0.15, 0.2) is 90.7 Å². The number of aliphatic hydroxyl groups is 1. The number of benzene rings is 3. The molecule has 1 radical (unpaired) electrons. The molecule has 1 heterocycles. The number of aliphatic hydroxyl groups excluding tert-OH is 1. The number of hydrogen-bond acceptors (Lipinski definition) is 2. The topological polar surface area (TPSA) is 42.2 Å². The fourth-order valence-corrected chi connectivity index (χ4v) is 2.95. The number of aromatic nitrogens is 1. The second-order valence-electron chi connectivity index (χ2n) is 6.33. The molecule has 3 aromatic carbocycles. The molecule has 3 nitrogen and oxygen atoms in total. The van der Waals surface area contributed by atoms with Crippen molar-refractivity contribution in [2.24, 2.45) is 0 Å². The molecule has 1 N–H and O–H groups in total. The number of ketones is 1. The molecule has 0 spiro atoms. The van der Waals surface area contributed by atoms with E-state index in [9.17, 15) is 4.79 Å². The number of nitrogens with zero attached hydrogens (tertiary/aromatic N) is 1. The van der Waals surface area contributed by atoms with Gasteiger partial charge in [-0.25, -0.2) is 5.56 Å². The van der Waals surface area contributed by atoms with E-state index in [1.807, 2.05) is 30.3 Å². The average molecular weight is 560 g/mol. The Morgan fingerprint density at radius 3 is 2.17 bits per heavy atom. The van der Waals surface area contributed by atoms with Crippen LogP contribution in [-0.4, -0.2) is 15.5 Å². The molecule has 0 amide bonds. The van der Waals surface area contributed by atoms with Crippen molar-refractivity contribution in [3.8, 4) is 16.9 Å². The SMILES string of the molecule is CC(=O)/C=C(/C)O.[Ir].[c-]1ccccc1-c1[c-]c2ccccc2n1-c1ccccc1. The first kappa shape index (κ1) is 22.3. The summed E-state index contributed by atoms with van der Waals surface area (Å²) in [5.41, 5.74) is 4.40. The van der Waals surface area contributed by atoms with Crippen LogP contribution >= 0.6 is 0 Å².